The van der Waals surface area contributed by atoms with Crippen LogP contribution in [-0.2, 0) is 14.4 Å². The number of rotatable bonds is 10. The van der Waals surface area contributed by atoms with Crippen LogP contribution in [-0.4, -0.2) is 62.6 Å². The Hall–Kier alpha value is -2.60. The van der Waals surface area contributed by atoms with E-state index >= 15 is 0 Å². The number of likely N-dealkylation sites (tertiary alicyclic amines) is 1. The second-order valence-electron chi connectivity index (χ2n) is 8.59. The quantitative estimate of drug-likeness (QED) is 0.196. The number of carbonyl (C=O) groups excluding carboxylic acids is 2. The van der Waals surface area contributed by atoms with Gasteiger partial charge in [-0.15, -0.1) is 11.8 Å². The molecule has 4 atom stereocenters. The van der Waals surface area contributed by atoms with E-state index in [0.29, 0.717) is 11.5 Å². The Bertz CT molecular complexity index is 1200. The minimum absolute atomic E-state index is 0.0706. The molecule has 190 valence electrons. The number of aliphatic carboxylic acids is 1. The molecule has 4 unspecified atom stereocenters. The van der Waals surface area contributed by atoms with Crippen molar-refractivity contribution in [2.75, 3.05) is 24.3 Å². The second-order valence-corrected chi connectivity index (χ2v) is 11.2. The van der Waals surface area contributed by atoms with Gasteiger partial charge in [0.1, 0.15) is 5.54 Å². The van der Waals surface area contributed by atoms with E-state index in [-0.39, 0.29) is 29.2 Å². The normalized spacial score (nSPS) is 25.3. The summed E-state index contributed by atoms with van der Waals surface area (Å²) >= 11 is 9.04. The van der Waals surface area contributed by atoms with Crippen molar-refractivity contribution in [1.82, 2.24) is 10.2 Å². The summed E-state index contributed by atoms with van der Waals surface area (Å²) in [6.45, 7) is 0.104. The van der Waals surface area contributed by atoms with Crippen molar-refractivity contribution in [2.45, 2.75) is 22.9 Å². The van der Waals surface area contributed by atoms with Crippen LogP contribution in [0.4, 0.5) is 5.69 Å². The van der Waals surface area contributed by atoms with Crippen molar-refractivity contribution in [1.29, 1.82) is 0 Å². The third-order valence-corrected chi connectivity index (χ3v) is 8.52. The minimum Gasteiger partial charge on any atom is -0.480 e. The minimum atomic E-state index is -1.75. The number of carboxylic acids is 1. The molecule has 0 radical (unpaired) electrons. The highest BCUT2D eigenvalue weighted by molar-refractivity contribution is 7.99. The maximum Gasteiger partial charge on any atom is 0.324 e. The van der Waals surface area contributed by atoms with E-state index in [1.165, 1.54) is 41.7 Å². The predicted octanol–water partition coefficient (Wildman–Crippen LogP) is 3.86. The zero-order valence-electron chi connectivity index (χ0n) is 19.3. The average Bonchev–Trinajstić information content (AvgIpc) is 3.33. The third kappa shape index (κ3) is 4.72. The number of amides is 2. The lowest BCUT2D eigenvalue weighted by molar-refractivity contribution is -0.385. The molecule has 2 heterocycles. The van der Waals surface area contributed by atoms with Crippen LogP contribution in [0.5, 0.6) is 0 Å². The Balaban J connectivity index is 1.72. The Morgan fingerprint density at radius 3 is 2.56 bits per heavy atom. The maximum absolute atomic E-state index is 13.6. The number of thioether (sulfide) groups is 2. The number of hydrogen-bond donors (Lipinski definition) is 2. The van der Waals surface area contributed by atoms with Crippen LogP contribution in [0.3, 0.4) is 0 Å². The molecule has 9 nitrogen and oxygen atoms in total. The molecule has 0 aromatic heterocycles. The molecule has 4 rings (SSSR count). The highest BCUT2D eigenvalue weighted by Gasteiger charge is 2.68. The van der Waals surface area contributed by atoms with Crippen molar-refractivity contribution in [3.63, 3.8) is 0 Å². The Morgan fingerprint density at radius 2 is 1.92 bits per heavy atom. The first kappa shape index (κ1) is 26.5. The van der Waals surface area contributed by atoms with Crippen LogP contribution < -0.4 is 5.32 Å². The number of fused-ring (bicyclic) bond motifs is 1. The molecular weight excluding hydrogens is 526 g/mol. The van der Waals surface area contributed by atoms with Gasteiger partial charge in [0.15, 0.2) is 0 Å². The second kappa shape index (κ2) is 10.8. The first-order chi connectivity index (χ1) is 17.2. The molecule has 2 aromatic rings. The Labute approximate surface area is 221 Å². The maximum atomic E-state index is 13.6. The summed E-state index contributed by atoms with van der Waals surface area (Å²) in [4.78, 5) is 53.2. The number of nitrogens with one attached hydrogen (secondary N) is 1. The van der Waals surface area contributed by atoms with Crippen LogP contribution in [0.25, 0.3) is 0 Å². The van der Waals surface area contributed by atoms with E-state index in [1.54, 1.807) is 0 Å². The number of nitro groups is 1. The van der Waals surface area contributed by atoms with Gasteiger partial charge in [0, 0.05) is 33.8 Å². The number of benzene rings is 2. The molecule has 0 spiro atoms. The highest BCUT2D eigenvalue weighted by Crippen LogP contribution is 2.52. The topological polar surface area (TPSA) is 130 Å². The number of carboxylic acid groups (broad SMARTS) is 1. The van der Waals surface area contributed by atoms with Gasteiger partial charge in [-0.1, -0.05) is 29.8 Å². The molecule has 2 amide bonds. The summed E-state index contributed by atoms with van der Waals surface area (Å²) in [5, 5.41) is 25.3. The van der Waals surface area contributed by atoms with E-state index in [2.05, 4.69) is 5.32 Å². The highest BCUT2D eigenvalue weighted by atomic mass is 35.5. The summed E-state index contributed by atoms with van der Waals surface area (Å²) < 4.78 is 0. The monoisotopic (exact) mass is 549 g/mol. The van der Waals surface area contributed by atoms with Crippen molar-refractivity contribution in [2.24, 2.45) is 11.8 Å². The van der Waals surface area contributed by atoms with Crippen LogP contribution in [0.15, 0.2) is 53.4 Å². The van der Waals surface area contributed by atoms with Crippen LogP contribution in [0, 0.1) is 22.0 Å². The summed E-state index contributed by atoms with van der Waals surface area (Å²) in [7, 11) is 0. The molecule has 0 aliphatic carbocycles. The molecule has 36 heavy (non-hydrogen) atoms. The van der Waals surface area contributed by atoms with Gasteiger partial charge in [-0.3, -0.25) is 34.7 Å². The van der Waals surface area contributed by atoms with E-state index in [4.69, 9.17) is 11.6 Å². The molecular formula is C24H24ClN3O6S2. The van der Waals surface area contributed by atoms with Crippen molar-refractivity contribution in [3.05, 3.63) is 69.2 Å². The molecule has 2 N–H and O–H groups in total. The van der Waals surface area contributed by atoms with Gasteiger partial charge in [-0.25, -0.2) is 0 Å². The van der Waals surface area contributed by atoms with Gasteiger partial charge in [-0.2, -0.15) is 11.8 Å². The fourth-order valence-corrected chi connectivity index (χ4v) is 6.62. The van der Waals surface area contributed by atoms with E-state index < -0.39 is 46.1 Å². The first-order valence-corrected chi connectivity index (χ1v) is 13.9. The van der Waals surface area contributed by atoms with Crippen molar-refractivity contribution < 1.29 is 24.4 Å². The van der Waals surface area contributed by atoms with E-state index in [0.717, 1.165) is 9.80 Å². The van der Waals surface area contributed by atoms with Crippen LogP contribution in [0.1, 0.15) is 18.0 Å². The fraction of sp³-hybridized carbons (Fsp3) is 0.375. The number of imide groups is 1. The van der Waals surface area contributed by atoms with Crippen LogP contribution in [0.2, 0.25) is 5.02 Å². The third-order valence-electron chi connectivity index (χ3n) is 6.68. The van der Waals surface area contributed by atoms with E-state index in [9.17, 15) is 29.6 Å². The largest absolute Gasteiger partial charge is 0.480 e. The fourth-order valence-electron chi connectivity index (χ4n) is 5.06. The average molecular weight is 550 g/mol. The molecule has 2 fully saturated rings. The van der Waals surface area contributed by atoms with Crippen molar-refractivity contribution in [3.8, 4) is 0 Å². The predicted molar refractivity (Wildman–Crippen MR) is 138 cm³/mol. The van der Waals surface area contributed by atoms with Gasteiger partial charge in [0.2, 0.25) is 11.8 Å². The lowest BCUT2D eigenvalue weighted by atomic mass is 9.78. The lowest BCUT2D eigenvalue weighted by Gasteiger charge is -2.31. The summed E-state index contributed by atoms with van der Waals surface area (Å²) in [5.74, 6) is -3.81. The van der Waals surface area contributed by atoms with Gasteiger partial charge < -0.3 is 5.11 Å². The van der Waals surface area contributed by atoms with Gasteiger partial charge in [0.25, 0.3) is 5.69 Å². The van der Waals surface area contributed by atoms with Crippen molar-refractivity contribution >= 4 is 58.6 Å². The Morgan fingerprint density at radius 1 is 1.19 bits per heavy atom. The van der Waals surface area contributed by atoms with Gasteiger partial charge in [0.05, 0.1) is 22.8 Å². The van der Waals surface area contributed by atoms with Gasteiger partial charge >= 0.3 is 5.97 Å². The number of carbonyl (C=O) groups is 3. The number of halogens is 1. The van der Waals surface area contributed by atoms with Gasteiger partial charge in [-0.05, 0) is 42.7 Å². The standard InChI is InChI=1S/C24H24ClN3O6S2/c1-35-11-9-24(23(31)32)19-18(20(26-24)16-13-14(25)7-8-17(16)28(33)34)21(29)27(22(19)30)10-12-36-15-5-3-2-4-6-15/h2-8,13,18-20,26H,9-12H2,1H3,(H,31,32). The molecule has 2 saturated heterocycles. The zero-order valence-corrected chi connectivity index (χ0v) is 21.6. The Kier molecular flexibility index (Phi) is 7.93. The smallest absolute Gasteiger partial charge is 0.324 e. The lowest BCUT2D eigenvalue weighted by Crippen LogP contribution is -2.56. The van der Waals surface area contributed by atoms with Crippen LogP contribution >= 0.6 is 35.1 Å². The zero-order chi connectivity index (χ0) is 26.0. The molecule has 0 bridgehead atoms. The summed E-state index contributed by atoms with van der Waals surface area (Å²) in [6, 6.07) is 12.4. The van der Waals surface area contributed by atoms with E-state index in [1.807, 2.05) is 36.6 Å². The summed E-state index contributed by atoms with van der Waals surface area (Å²) in [6.07, 6.45) is 1.89. The molecule has 0 saturated carbocycles. The molecule has 2 aliphatic rings. The summed E-state index contributed by atoms with van der Waals surface area (Å²) in [5.41, 5.74) is -1.95. The SMILES string of the molecule is CSCCC1(C(=O)O)NC(c2cc(Cl)ccc2[N+](=O)[O-])C2C(=O)N(CCSc3ccccc3)C(=O)C21. The number of nitrogens with zero attached hydrogens (tertiary/aromatic N) is 2. The molecule has 2 aromatic carbocycles. The molecule has 12 heteroatoms. The number of hydrogen-bond acceptors (Lipinski definition) is 8. The first-order valence-electron chi connectivity index (χ1n) is 11.2. The molecule has 2 aliphatic heterocycles. The number of nitro benzene ring substituents is 1.